The molecule has 0 aliphatic heterocycles. The first kappa shape index (κ1) is 22.0. The molecule has 1 aromatic carbocycles. The van der Waals surface area contributed by atoms with Gasteiger partial charge in [0.1, 0.15) is 16.2 Å². The fourth-order valence-electron chi connectivity index (χ4n) is 3.22. The molecule has 0 saturated heterocycles. The van der Waals surface area contributed by atoms with Gasteiger partial charge >= 0.3 is 5.69 Å². The van der Waals surface area contributed by atoms with Crippen LogP contribution in [0.25, 0.3) is 11.0 Å². The molecule has 158 valence electrons. The number of fused-ring (bicyclic) bond motifs is 1. The molecule has 0 spiro atoms. The Bertz CT molecular complexity index is 1210. The standard InChI is InChI=1S/C22H26N4O3S/c1-6-15-7-9-16(10-8-15)17(27)12-30-20-18-19(23-14(4)24-20)26(11-13(2)3)22(29)25(5)21(18)28/h7-10,13H,6,11-12H2,1-5H3. The van der Waals surface area contributed by atoms with E-state index in [1.165, 1.54) is 28.9 Å². The summed E-state index contributed by atoms with van der Waals surface area (Å²) in [5.41, 5.74) is 1.27. The van der Waals surface area contributed by atoms with Crippen molar-refractivity contribution in [2.24, 2.45) is 13.0 Å². The fraction of sp³-hybridized carbons (Fsp3) is 0.409. The molecule has 7 nitrogen and oxygen atoms in total. The first-order valence-corrected chi connectivity index (χ1v) is 10.9. The Kier molecular flexibility index (Phi) is 6.55. The summed E-state index contributed by atoms with van der Waals surface area (Å²) >= 11 is 1.20. The van der Waals surface area contributed by atoms with Crippen molar-refractivity contribution in [1.29, 1.82) is 0 Å². The smallest absolute Gasteiger partial charge is 0.293 e. The summed E-state index contributed by atoms with van der Waals surface area (Å²) in [7, 11) is 1.45. The molecule has 0 amide bonds. The van der Waals surface area contributed by atoms with Crippen LogP contribution in [0.15, 0.2) is 38.9 Å². The summed E-state index contributed by atoms with van der Waals surface area (Å²) in [4.78, 5) is 47.0. The highest BCUT2D eigenvalue weighted by molar-refractivity contribution is 8.00. The van der Waals surface area contributed by atoms with Crippen LogP contribution in [0.2, 0.25) is 0 Å². The van der Waals surface area contributed by atoms with E-state index in [2.05, 4.69) is 16.9 Å². The molecule has 0 unspecified atom stereocenters. The average molecular weight is 427 g/mol. The number of hydrogen-bond donors (Lipinski definition) is 0. The Labute approximate surface area is 179 Å². The van der Waals surface area contributed by atoms with Gasteiger partial charge in [-0.2, -0.15) is 0 Å². The number of hydrogen-bond acceptors (Lipinski definition) is 6. The van der Waals surface area contributed by atoms with Crippen molar-refractivity contribution >= 4 is 28.6 Å². The lowest BCUT2D eigenvalue weighted by molar-refractivity contribution is 0.102. The van der Waals surface area contributed by atoms with Gasteiger partial charge in [0.15, 0.2) is 11.4 Å². The van der Waals surface area contributed by atoms with Gasteiger partial charge in [0.25, 0.3) is 5.56 Å². The number of aryl methyl sites for hydroxylation is 2. The van der Waals surface area contributed by atoms with Crippen LogP contribution in [0.1, 0.15) is 42.5 Å². The monoisotopic (exact) mass is 426 g/mol. The van der Waals surface area contributed by atoms with Crippen molar-refractivity contribution in [1.82, 2.24) is 19.1 Å². The molecular formula is C22H26N4O3S. The van der Waals surface area contributed by atoms with Crippen molar-refractivity contribution in [2.75, 3.05) is 5.75 Å². The molecule has 0 bridgehead atoms. The van der Waals surface area contributed by atoms with Gasteiger partial charge < -0.3 is 0 Å². The summed E-state index contributed by atoms with van der Waals surface area (Å²) in [6.07, 6.45) is 0.913. The van der Waals surface area contributed by atoms with E-state index in [0.717, 1.165) is 11.0 Å². The quantitative estimate of drug-likeness (QED) is 0.328. The first-order chi connectivity index (χ1) is 14.2. The zero-order chi connectivity index (χ0) is 22.0. The Balaban J connectivity index is 2.03. The van der Waals surface area contributed by atoms with Gasteiger partial charge in [-0.1, -0.05) is 56.8 Å². The van der Waals surface area contributed by atoms with Crippen molar-refractivity contribution in [3.05, 3.63) is 62.1 Å². The van der Waals surface area contributed by atoms with Crippen LogP contribution >= 0.6 is 11.8 Å². The number of ketones is 1. The third-order valence-corrected chi connectivity index (χ3v) is 5.81. The van der Waals surface area contributed by atoms with Crippen LogP contribution in [0.5, 0.6) is 0 Å². The third-order valence-electron chi connectivity index (χ3n) is 4.83. The number of carbonyl (C=O) groups excluding carboxylic acids is 1. The van der Waals surface area contributed by atoms with Crippen molar-refractivity contribution in [3.63, 3.8) is 0 Å². The van der Waals surface area contributed by atoms with Crippen LogP contribution in [0, 0.1) is 12.8 Å². The molecule has 3 aromatic rings. The van der Waals surface area contributed by atoms with Crippen molar-refractivity contribution in [2.45, 2.75) is 45.7 Å². The molecule has 0 saturated carbocycles. The number of thioether (sulfide) groups is 1. The van der Waals surface area contributed by atoms with Gasteiger partial charge in [-0.15, -0.1) is 0 Å². The summed E-state index contributed by atoms with van der Waals surface area (Å²) in [5, 5.41) is 0.705. The summed E-state index contributed by atoms with van der Waals surface area (Å²) < 4.78 is 2.60. The second kappa shape index (κ2) is 8.95. The largest absolute Gasteiger partial charge is 0.332 e. The van der Waals surface area contributed by atoms with E-state index in [4.69, 9.17) is 0 Å². The number of nitrogens with zero attached hydrogens (tertiary/aromatic N) is 4. The molecular weight excluding hydrogens is 400 g/mol. The summed E-state index contributed by atoms with van der Waals surface area (Å²) in [6, 6.07) is 7.54. The molecule has 0 aliphatic rings. The lowest BCUT2D eigenvalue weighted by atomic mass is 10.1. The highest BCUT2D eigenvalue weighted by Crippen LogP contribution is 2.24. The Hall–Kier alpha value is -2.74. The van der Waals surface area contributed by atoms with Gasteiger partial charge in [0.05, 0.1) is 5.75 Å². The maximum absolute atomic E-state index is 12.9. The van der Waals surface area contributed by atoms with E-state index < -0.39 is 11.2 Å². The average Bonchev–Trinajstić information content (AvgIpc) is 2.72. The molecule has 0 aliphatic carbocycles. The van der Waals surface area contributed by atoms with Crippen molar-refractivity contribution in [3.8, 4) is 0 Å². The van der Waals surface area contributed by atoms with Crippen molar-refractivity contribution < 1.29 is 4.79 Å². The summed E-state index contributed by atoms with van der Waals surface area (Å²) in [5.74, 6) is 0.750. The van der Waals surface area contributed by atoms with E-state index in [0.29, 0.717) is 28.6 Å². The van der Waals surface area contributed by atoms with Gasteiger partial charge in [0.2, 0.25) is 0 Å². The Morgan fingerprint density at radius 2 is 1.80 bits per heavy atom. The van der Waals surface area contributed by atoms with Gasteiger partial charge in [-0.3, -0.25) is 18.7 Å². The van der Waals surface area contributed by atoms with Gasteiger partial charge in [-0.05, 0) is 24.8 Å². The molecule has 0 radical (unpaired) electrons. The van der Waals surface area contributed by atoms with Crippen LogP contribution in [-0.4, -0.2) is 30.6 Å². The lowest BCUT2D eigenvalue weighted by Gasteiger charge is -2.15. The van der Waals surface area contributed by atoms with E-state index in [-0.39, 0.29) is 22.8 Å². The number of Topliss-reactive ketones (excluding diaryl/α,β-unsaturated/α-hetero) is 1. The second-order valence-electron chi connectivity index (χ2n) is 7.69. The number of aromatic nitrogens is 4. The van der Waals surface area contributed by atoms with Gasteiger partial charge in [0, 0.05) is 19.2 Å². The zero-order valence-corrected chi connectivity index (χ0v) is 18.7. The van der Waals surface area contributed by atoms with E-state index >= 15 is 0 Å². The van der Waals surface area contributed by atoms with Crippen LogP contribution in [0.4, 0.5) is 0 Å². The van der Waals surface area contributed by atoms with Gasteiger partial charge in [-0.25, -0.2) is 14.8 Å². The van der Waals surface area contributed by atoms with E-state index in [9.17, 15) is 14.4 Å². The SMILES string of the molecule is CCc1ccc(C(=O)CSc2nc(C)nc3c2c(=O)n(C)c(=O)n3CC(C)C)cc1. The normalized spacial score (nSPS) is 11.4. The molecule has 8 heteroatoms. The lowest BCUT2D eigenvalue weighted by Crippen LogP contribution is -2.39. The highest BCUT2D eigenvalue weighted by Gasteiger charge is 2.19. The molecule has 30 heavy (non-hydrogen) atoms. The van der Waals surface area contributed by atoms with E-state index in [1.54, 1.807) is 6.92 Å². The van der Waals surface area contributed by atoms with Crippen LogP contribution < -0.4 is 11.2 Å². The number of benzene rings is 1. The second-order valence-corrected chi connectivity index (χ2v) is 8.65. The molecule has 0 atom stereocenters. The highest BCUT2D eigenvalue weighted by atomic mass is 32.2. The molecule has 0 N–H and O–H groups in total. The molecule has 2 heterocycles. The third kappa shape index (κ3) is 4.38. The van der Waals surface area contributed by atoms with Crippen LogP contribution in [-0.2, 0) is 20.0 Å². The first-order valence-electron chi connectivity index (χ1n) is 9.96. The fourth-order valence-corrected chi connectivity index (χ4v) is 4.17. The molecule has 0 fully saturated rings. The minimum absolute atomic E-state index is 0.0422. The minimum Gasteiger partial charge on any atom is -0.293 e. The number of carbonyl (C=O) groups is 1. The van der Waals surface area contributed by atoms with E-state index in [1.807, 2.05) is 38.1 Å². The maximum Gasteiger partial charge on any atom is 0.332 e. The predicted octanol–water partition coefficient (Wildman–Crippen LogP) is 2.99. The maximum atomic E-state index is 12.9. The van der Waals surface area contributed by atoms with Crippen LogP contribution in [0.3, 0.4) is 0 Å². The Morgan fingerprint density at radius 3 is 2.40 bits per heavy atom. The molecule has 2 aromatic heterocycles. The Morgan fingerprint density at radius 1 is 1.13 bits per heavy atom. The topological polar surface area (TPSA) is 86.8 Å². The zero-order valence-electron chi connectivity index (χ0n) is 17.9. The molecule has 3 rings (SSSR count). The predicted molar refractivity (Wildman–Crippen MR) is 119 cm³/mol. The number of rotatable bonds is 7. The minimum atomic E-state index is -0.447. The summed E-state index contributed by atoms with van der Waals surface area (Å²) in [6.45, 7) is 8.21.